The van der Waals surface area contributed by atoms with Gasteiger partial charge in [0.2, 0.25) is 0 Å². The largest absolute Gasteiger partial charge is 0.459 e. The molecule has 0 fully saturated rings. The quantitative estimate of drug-likeness (QED) is 0.233. The van der Waals surface area contributed by atoms with E-state index in [1.54, 1.807) is 6.92 Å². The lowest BCUT2D eigenvalue weighted by molar-refractivity contribution is -0.146. The highest BCUT2D eigenvalue weighted by molar-refractivity contribution is 5.88. The van der Waals surface area contributed by atoms with Crippen LogP contribution in [0.3, 0.4) is 0 Å². The maximum atomic E-state index is 11.0. The molecule has 0 saturated carbocycles. The van der Waals surface area contributed by atoms with Crippen molar-refractivity contribution in [2.45, 2.75) is 33.1 Å². The Morgan fingerprint density at radius 3 is 2.47 bits per heavy atom. The molecule has 0 radical (unpaired) electrons. The van der Waals surface area contributed by atoms with Crippen molar-refractivity contribution in [3.63, 3.8) is 0 Å². The van der Waals surface area contributed by atoms with Crippen LogP contribution < -0.4 is 0 Å². The highest BCUT2D eigenvalue weighted by Crippen LogP contribution is 1.92. The smallest absolute Gasteiger partial charge is 0.384 e. The number of carbonyl (C=O) groups is 2. The Morgan fingerprint density at radius 2 is 1.88 bits per heavy atom. The van der Waals surface area contributed by atoms with Crippen molar-refractivity contribution in [2.75, 3.05) is 13.2 Å². The van der Waals surface area contributed by atoms with E-state index in [2.05, 4.69) is 25.3 Å². The van der Waals surface area contributed by atoms with E-state index in [0.717, 1.165) is 12.8 Å². The van der Waals surface area contributed by atoms with Gasteiger partial charge in [0.05, 0.1) is 0 Å². The zero-order valence-electron chi connectivity index (χ0n) is 10.4. The third-order valence-electron chi connectivity index (χ3n) is 1.74. The van der Waals surface area contributed by atoms with Crippen LogP contribution in [0.5, 0.6) is 0 Å². The van der Waals surface area contributed by atoms with E-state index < -0.39 is 11.9 Å². The van der Waals surface area contributed by atoms with Gasteiger partial charge in [-0.05, 0) is 13.3 Å². The molecule has 0 saturated heterocycles. The van der Waals surface area contributed by atoms with Crippen molar-refractivity contribution in [3.05, 3.63) is 12.2 Å². The van der Waals surface area contributed by atoms with Crippen LogP contribution in [-0.4, -0.2) is 25.2 Å². The molecule has 0 unspecified atom stereocenters. The van der Waals surface area contributed by atoms with Crippen molar-refractivity contribution in [3.8, 4) is 11.8 Å². The second-order valence-corrected chi connectivity index (χ2v) is 3.46. The van der Waals surface area contributed by atoms with Gasteiger partial charge in [-0.1, -0.05) is 25.8 Å². The summed E-state index contributed by atoms with van der Waals surface area (Å²) in [6.07, 6.45) is 2.70. The third-order valence-corrected chi connectivity index (χ3v) is 1.74. The van der Waals surface area contributed by atoms with Gasteiger partial charge >= 0.3 is 11.9 Å². The highest BCUT2D eigenvalue weighted by atomic mass is 16.6. The van der Waals surface area contributed by atoms with Gasteiger partial charge in [-0.3, -0.25) is 0 Å². The minimum absolute atomic E-state index is 0.0142. The maximum Gasteiger partial charge on any atom is 0.384 e. The van der Waals surface area contributed by atoms with Crippen LogP contribution >= 0.6 is 0 Å². The molecule has 0 rings (SSSR count). The van der Waals surface area contributed by atoms with E-state index in [1.807, 2.05) is 0 Å². The Labute approximate surface area is 102 Å². The van der Waals surface area contributed by atoms with Gasteiger partial charge in [0.15, 0.2) is 0 Å². The molecule has 0 atom stereocenters. The fourth-order valence-corrected chi connectivity index (χ4v) is 0.828. The first-order valence-corrected chi connectivity index (χ1v) is 5.56. The molecule has 0 heterocycles. The summed E-state index contributed by atoms with van der Waals surface area (Å²) < 4.78 is 9.47. The molecule has 0 aromatic heterocycles. The van der Waals surface area contributed by atoms with Gasteiger partial charge in [0.25, 0.3) is 0 Å². The predicted octanol–water partition coefficient (Wildman–Crippen LogP) is 1.84. The number of carbonyl (C=O) groups excluding carboxylic acids is 2. The van der Waals surface area contributed by atoms with Crippen molar-refractivity contribution in [1.29, 1.82) is 0 Å². The van der Waals surface area contributed by atoms with Gasteiger partial charge in [-0.25, -0.2) is 9.59 Å². The Morgan fingerprint density at radius 1 is 1.24 bits per heavy atom. The average molecular weight is 238 g/mol. The lowest BCUT2D eigenvalue weighted by Gasteiger charge is -2.03. The van der Waals surface area contributed by atoms with Crippen LogP contribution in [0.15, 0.2) is 12.2 Å². The minimum Gasteiger partial charge on any atom is -0.459 e. The number of rotatable bonds is 6. The number of ether oxygens (including phenoxy) is 2. The average Bonchev–Trinajstić information content (AvgIpc) is 2.29. The van der Waals surface area contributed by atoms with E-state index in [1.165, 1.54) is 0 Å². The van der Waals surface area contributed by atoms with Crippen LogP contribution in [0.25, 0.3) is 0 Å². The number of unbranched alkanes of at least 4 members (excludes halogenated alkanes) is 2. The topological polar surface area (TPSA) is 52.6 Å². The Kier molecular flexibility index (Phi) is 8.48. The molecule has 0 bridgehead atoms. The molecular weight excluding hydrogens is 220 g/mol. The van der Waals surface area contributed by atoms with E-state index in [0.29, 0.717) is 12.0 Å². The first kappa shape index (κ1) is 15.2. The summed E-state index contributed by atoms with van der Waals surface area (Å²) in [7, 11) is 0. The zero-order chi connectivity index (χ0) is 13.1. The summed E-state index contributed by atoms with van der Waals surface area (Å²) in [5.41, 5.74) is 0.315. The summed E-state index contributed by atoms with van der Waals surface area (Å²) in [4.78, 5) is 22.0. The van der Waals surface area contributed by atoms with Crippen LogP contribution in [0.1, 0.15) is 33.1 Å². The van der Waals surface area contributed by atoms with Gasteiger partial charge in [0.1, 0.15) is 13.2 Å². The number of hydrogen-bond acceptors (Lipinski definition) is 4. The molecule has 17 heavy (non-hydrogen) atoms. The third kappa shape index (κ3) is 9.19. The summed E-state index contributed by atoms with van der Waals surface area (Å²) in [6.45, 7) is 7.06. The van der Waals surface area contributed by atoms with E-state index in [4.69, 9.17) is 9.47 Å². The van der Waals surface area contributed by atoms with Crippen LogP contribution in [0, 0.1) is 11.8 Å². The molecule has 4 nitrogen and oxygen atoms in total. The molecule has 0 aliphatic heterocycles. The van der Waals surface area contributed by atoms with E-state index >= 15 is 0 Å². The molecule has 0 aromatic rings. The van der Waals surface area contributed by atoms with Gasteiger partial charge in [-0.2, -0.15) is 0 Å². The second-order valence-electron chi connectivity index (χ2n) is 3.46. The molecule has 94 valence electrons. The van der Waals surface area contributed by atoms with Gasteiger partial charge < -0.3 is 9.47 Å². The predicted molar refractivity (Wildman–Crippen MR) is 64.0 cm³/mol. The normalized spacial score (nSPS) is 8.82. The summed E-state index contributed by atoms with van der Waals surface area (Å²) >= 11 is 0. The maximum absolute atomic E-state index is 11.0. The molecule has 4 heteroatoms. The standard InChI is InChI=1S/C13H18O4/c1-4-5-6-7-8-12(14)16-9-10-17-13(15)11(2)3/h2,4-6,9-10H2,1,3H3. The molecular formula is C13H18O4. The van der Waals surface area contributed by atoms with Crippen molar-refractivity contribution < 1.29 is 19.1 Å². The monoisotopic (exact) mass is 238 g/mol. The fourth-order valence-electron chi connectivity index (χ4n) is 0.828. The first-order chi connectivity index (χ1) is 8.07. The van der Waals surface area contributed by atoms with Crippen molar-refractivity contribution >= 4 is 11.9 Å². The molecule has 0 N–H and O–H groups in total. The molecule has 0 aromatic carbocycles. The van der Waals surface area contributed by atoms with E-state index in [9.17, 15) is 9.59 Å². The van der Waals surface area contributed by atoms with Crippen LogP contribution in [0.2, 0.25) is 0 Å². The second kappa shape index (κ2) is 9.46. The Balaban J connectivity index is 3.60. The van der Waals surface area contributed by atoms with Gasteiger partial charge in [0, 0.05) is 17.9 Å². The van der Waals surface area contributed by atoms with Crippen LogP contribution in [-0.2, 0) is 19.1 Å². The number of esters is 2. The SMILES string of the molecule is C=C(C)C(=O)OCCOC(=O)C#CCCCC. The van der Waals surface area contributed by atoms with Crippen LogP contribution in [0.4, 0.5) is 0 Å². The lowest BCUT2D eigenvalue weighted by atomic mass is 10.2. The molecule has 0 aliphatic carbocycles. The summed E-state index contributed by atoms with van der Waals surface area (Å²) in [5.74, 6) is 3.99. The summed E-state index contributed by atoms with van der Waals surface area (Å²) in [6, 6.07) is 0. The molecule has 0 aliphatic rings. The zero-order valence-corrected chi connectivity index (χ0v) is 10.4. The Hall–Kier alpha value is -1.76. The highest BCUT2D eigenvalue weighted by Gasteiger charge is 2.03. The first-order valence-electron chi connectivity index (χ1n) is 5.56. The van der Waals surface area contributed by atoms with Crippen molar-refractivity contribution in [1.82, 2.24) is 0 Å². The molecule has 0 spiro atoms. The number of hydrogen-bond donors (Lipinski definition) is 0. The van der Waals surface area contributed by atoms with E-state index in [-0.39, 0.29) is 13.2 Å². The molecule has 0 amide bonds. The Bertz CT molecular complexity index is 333. The summed E-state index contributed by atoms with van der Waals surface area (Å²) in [5, 5.41) is 0. The minimum atomic E-state index is -0.590. The fraction of sp³-hybridized carbons (Fsp3) is 0.538. The lowest BCUT2D eigenvalue weighted by Crippen LogP contribution is -2.13. The van der Waals surface area contributed by atoms with Gasteiger partial charge in [-0.15, -0.1) is 0 Å². The van der Waals surface area contributed by atoms with Crippen molar-refractivity contribution in [2.24, 2.45) is 0 Å².